The topological polar surface area (TPSA) is 35.5 Å². The van der Waals surface area contributed by atoms with Gasteiger partial charge in [0.1, 0.15) is 0 Å². The molecule has 90 valence electrons. The Morgan fingerprint density at radius 2 is 1.67 bits per heavy atom. The van der Waals surface area contributed by atoms with Gasteiger partial charge in [-0.2, -0.15) is 4.89 Å². The van der Waals surface area contributed by atoms with E-state index in [1.807, 2.05) is 0 Å². The molecule has 0 N–H and O–H groups in total. The molecule has 0 saturated heterocycles. The van der Waals surface area contributed by atoms with E-state index in [9.17, 15) is 4.79 Å². The predicted octanol–water partition coefficient (Wildman–Crippen LogP) is 3.19. The summed E-state index contributed by atoms with van der Waals surface area (Å²) >= 11 is 0. The van der Waals surface area contributed by atoms with Crippen LogP contribution in [0.25, 0.3) is 0 Å². The van der Waals surface area contributed by atoms with E-state index in [4.69, 9.17) is 4.89 Å². The molecule has 0 rings (SSSR count). The van der Waals surface area contributed by atoms with Gasteiger partial charge in [0.2, 0.25) is 0 Å². The van der Waals surface area contributed by atoms with Crippen molar-refractivity contribution in [2.45, 2.75) is 47.5 Å². The lowest BCUT2D eigenvalue weighted by atomic mass is 10.0. The highest BCUT2D eigenvalue weighted by atomic mass is 17.2. The van der Waals surface area contributed by atoms with Gasteiger partial charge in [-0.25, -0.2) is 4.79 Å². The molecule has 15 heavy (non-hydrogen) atoms. The largest absolute Gasteiger partial charge is 0.344 e. The van der Waals surface area contributed by atoms with Gasteiger partial charge in [0.15, 0.2) is 0 Å². The molecule has 1 atom stereocenters. The van der Waals surface area contributed by atoms with Crippen LogP contribution in [0.4, 0.5) is 0 Å². The molecule has 0 aliphatic heterocycles. The van der Waals surface area contributed by atoms with E-state index < -0.39 is 0 Å². The monoisotopic (exact) mass is 216 g/mol. The molecule has 0 saturated carbocycles. The Balaban J connectivity index is 3.46. The van der Waals surface area contributed by atoms with Crippen LogP contribution in [0.2, 0.25) is 0 Å². The summed E-state index contributed by atoms with van der Waals surface area (Å²) in [6, 6.07) is 0. The Labute approximate surface area is 93.1 Å². The van der Waals surface area contributed by atoms with Gasteiger partial charge in [-0.1, -0.05) is 41.0 Å². The van der Waals surface area contributed by atoms with E-state index in [0.29, 0.717) is 18.4 Å². The minimum atomic E-state index is -0.300. The normalized spacial score (nSPS) is 13.3. The molecule has 3 nitrogen and oxygen atoms in total. The van der Waals surface area contributed by atoms with Crippen LogP contribution >= 0.6 is 0 Å². The summed E-state index contributed by atoms with van der Waals surface area (Å²) < 4.78 is 0. The maximum Gasteiger partial charge on any atom is 0.344 e. The summed E-state index contributed by atoms with van der Waals surface area (Å²) in [7, 11) is 0. The van der Waals surface area contributed by atoms with E-state index in [0.717, 1.165) is 6.42 Å². The van der Waals surface area contributed by atoms with E-state index in [1.165, 1.54) is 6.42 Å². The molecule has 3 heteroatoms. The first-order valence-corrected chi connectivity index (χ1v) is 5.76. The van der Waals surface area contributed by atoms with Crippen LogP contribution in [0.15, 0.2) is 0 Å². The molecule has 0 radical (unpaired) electrons. The van der Waals surface area contributed by atoms with Crippen LogP contribution in [-0.4, -0.2) is 12.6 Å². The zero-order chi connectivity index (χ0) is 11.8. The fraction of sp³-hybridized carbons (Fsp3) is 0.917. The summed E-state index contributed by atoms with van der Waals surface area (Å²) in [5.74, 6) is 0.722. The third kappa shape index (κ3) is 8.43. The summed E-state index contributed by atoms with van der Waals surface area (Å²) in [6.45, 7) is 10.6. The second-order valence-electron chi connectivity index (χ2n) is 4.92. The van der Waals surface area contributed by atoms with Gasteiger partial charge in [-0.3, -0.25) is 4.89 Å². The third-order valence-electron chi connectivity index (χ3n) is 2.20. The van der Waals surface area contributed by atoms with E-state index in [1.54, 1.807) is 13.8 Å². The fourth-order valence-corrected chi connectivity index (χ4v) is 1.01. The second kappa shape index (κ2) is 7.69. The molecule has 1 unspecified atom stereocenters. The van der Waals surface area contributed by atoms with Crippen molar-refractivity contribution in [2.24, 2.45) is 17.8 Å². The lowest BCUT2D eigenvalue weighted by molar-refractivity contribution is -0.280. The molecule has 0 aromatic carbocycles. The summed E-state index contributed by atoms with van der Waals surface area (Å²) in [5.41, 5.74) is 0. The molecule has 0 heterocycles. The Bertz CT molecular complexity index is 176. The number of rotatable bonds is 7. The highest BCUT2D eigenvalue weighted by Gasteiger charge is 2.11. The standard InChI is InChI=1S/C12H24O3/c1-9(2)6-7-11(5)8-14-15-12(13)10(3)4/h9-11H,6-8H2,1-5H3. The van der Waals surface area contributed by atoms with Crippen LogP contribution in [0.5, 0.6) is 0 Å². The molecule has 0 amide bonds. The number of carbonyl (C=O) groups is 1. The maximum atomic E-state index is 11.0. The average molecular weight is 216 g/mol. The number of carbonyl (C=O) groups excluding carboxylic acids is 1. The zero-order valence-electron chi connectivity index (χ0n) is 10.6. The lowest BCUT2D eigenvalue weighted by Gasteiger charge is -2.12. The molecule has 0 spiro atoms. The van der Waals surface area contributed by atoms with Gasteiger partial charge >= 0.3 is 5.97 Å². The van der Waals surface area contributed by atoms with Gasteiger partial charge in [0.25, 0.3) is 0 Å². The molecule has 0 fully saturated rings. The van der Waals surface area contributed by atoms with Crippen molar-refractivity contribution >= 4 is 5.97 Å². The fourth-order valence-electron chi connectivity index (χ4n) is 1.01. The Hall–Kier alpha value is -0.570. The van der Waals surface area contributed by atoms with Crippen molar-refractivity contribution in [3.05, 3.63) is 0 Å². The van der Waals surface area contributed by atoms with Gasteiger partial charge in [-0.05, 0) is 18.3 Å². The van der Waals surface area contributed by atoms with Gasteiger partial charge in [0, 0.05) is 0 Å². The average Bonchev–Trinajstić information content (AvgIpc) is 2.14. The Morgan fingerprint density at radius 3 is 2.13 bits per heavy atom. The quantitative estimate of drug-likeness (QED) is 0.484. The molecule has 0 aromatic rings. The maximum absolute atomic E-state index is 11.0. The van der Waals surface area contributed by atoms with Gasteiger partial charge < -0.3 is 0 Å². The van der Waals surface area contributed by atoms with Crippen LogP contribution in [-0.2, 0) is 14.6 Å². The van der Waals surface area contributed by atoms with Crippen LogP contribution < -0.4 is 0 Å². The van der Waals surface area contributed by atoms with E-state index in [2.05, 4.69) is 25.7 Å². The Kier molecular flexibility index (Phi) is 7.39. The van der Waals surface area contributed by atoms with E-state index in [-0.39, 0.29) is 11.9 Å². The van der Waals surface area contributed by atoms with Crippen molar-refractivity contribution < 1.29 is 14.6 Å². The molecule has 0 aliphatic carbocycles. The predicted molar refractivity (Wildman–Crippen MR) is 60.1 cm³/mol. The molecule has 0 bridgehead atoms. The summed E-state index contributed by atoms with van der Waals surface area (Å²) in [6.07, 6.45) is 2.29. The van der Waals surface area contributed by atoms with Crippen LogP contribution in [0.3, 0.4) is 0 Å². The summed E-state index contributed by atoms with van der Waals surface area (Å²) in [4.78, 5) is 20.6. The smallest absolute Gasteiger partial charge is 0.298 e. The van der Waals surface area contributed by atoms with Crippen molar-refractivity contribution in [2.75, 3.05) is 6.61 Å². The van der Waals surface area contributed by atoms with Crippen molar-refractivity contribution in [1.82, 2.24) is 0 Å². The van der Waals surface area contributed by atoms with Gasteiger partial charge in [0.05, 0.1) is 12.5 Å². The van der Waals surface area contributed by atoms with Gasteiger partial charge in [-0.15, -0.1) is 0 Å². The Morgan fingerprint density at radius 1 is 1.07 bits per heavy atom. The first kappa shape index (κ1) is 14.4. The second-order valence-corrected chi connectivity index (χ2v) is 4.92. The molecular formula is C12H24O3. The first-order chi connectivity index (χ1) is 6.93. The van der Waals surface area contributed by atoms with Crippen molar-refractivity contribution in [3.63, 3.8) is 0 Å². The third-order valence-corrected chi connectivity index (χ3v) is 2.20. The number of hydrogen-bond acceptors (Lipinski definition) is 3. The minimum absolute atomic E-state index is 0.129. The molecular weight excluding hydrogens is 192 g/mol. The van der Waals surface area contributed by atoms with Crippen molar-refractivity contribution in [3.8, 4) is 0 Å². The minimum Gasteiger partial charge on any atom is -0.298 e. The molecule has 0 aromatic heterocycles. The van der Waals surface area contributed by atoms with E-state index >= 15 is 0 Å². The lowest BCUT2D eigenvalue weighted by Crippen LogP contribution is -2.15. The van der Waals surface area contributed by atoms with Crippen LogP contribution in [0.1, 0.15) is 47.5 Å². The molecule has 0 aliphatic rings. The SMILES string of the molecule is CC(C)CCC(C)COOC(=O)C(C)C. The van der Waals surface area contributed by atoms with Crippen molar-refractivity contribution in [1.29, 1.82) is 0 Å². The first-order valence-electron chi connectivity index (χ1n) is 5.76. The zero-order valence-corrected chi connectivity index (χ0v) is 10.6. The summed E-state index contributed by atoms with van der Waals surface area (Å²) in [5, 5.41) is 0. The number of hydrogen-bond donors (Lipinski definition) is 0. The van der Waals surface area contributed by atoms with Crippen LogP contribution in [0, 0.1) is 17.8 Å². The highest BCUT2D eigenvalue weighted by molar-refractivity contribution is 5.70. The highest BCUT2D eigenvalue weighted by Crippen LogP contribution is 2.12.